The van der Waals surface area contributed by atoms with Crippen LogP contribution in [-0.4, -0.2) is 42.9 Å². The summed E-state index contributed by atoms with van der Waals surface area (Å²) < 4.78 is 0. The molecule has 1 aliphatic heterocycles. The highest BCUT2D eigenvalue weighted by molar-refractivity contribution is 5.81. The number of hydrogen-bond acceptors (Lipinski definition) is 3. The van der Waals surface area contributed by atoms with Gasteiger partial charge < -0.3 is 15.5 Å². The molecule has 0 spiro atoms. The van der Waals surface area contributed by atoms with E-state index in [0.29, 0.717) is 25.1 Å². The molecular weight excluding hydrogens is 290 g/mol. The van der Waals surface area contributed by atoms with Crippen molar-refractivity contribution in [2.24, 2.45) is 4.99 Å². The summed E-state index contributed by atoms with van der Waals surface area (Å²) >= 11 is 0. The molecule has 0 aromatic heterocycles. The lowest BCUT2D eigenvalue weighted by Crippen LogP contribution is -2.51. The first kappa shape index (κ1) is 16.8. The van der Waals surface area contributed by atoms with E-state index in [2.05, 4.69) is 21.7 Å². The number of nitriles is 1. The smallest absolute Gasteiger partial charge is 0.222 e. The first-order valence-corrected chi connectivity index (χ1v) is 7.90. The first-order chi connectivity index (χ1) is 11.1. The Labute approximate surface area is 137 Å². The van der Waals surface area contributed by atoms with Gasteiger partial charge in [0.2, 0.25) is 5.91 Å². The predicted octanol–water partition coefficient (Wildman–Crippen LogP) is 1.23. The van der Waals surface area contributed by atoms with Crippen LogP contribution in [0.15, 0.2) is 29.3 Å². The maximum atomic E-state index is 11.5. The van der Waals surface area contributed by atoms with Gasteiger partial charge in [-0.3, -0.25) is 4.79 Å². The van der Waals surface area contributed by atoms with Crippen molar-refractivity contribution >= 4 is 11.9 Å². The summed E-state index contributed by atoms with van der Waals surface area (Å²) in [5.41, 5.74) is 1.64. The average Bonchev–Trinajstić information content (AvgIpc) is 2.56. The molecule has 0 aliphatic carbocycles. The van der Waals surface area contributed by atoms with Gasteiger partial charge in [0, 0.05) is 32.6 Å². The number of benzene rings is 1. The molecule has 1 aromatic carbocycles. The normalized spacial score (nSPS) is 18.5. The Balaban J connectivity index is 1.99. The number of carbonyl (C=O) groups excluding carboxylic acids is 1. The SMILES string of the molecule is CCNC(=NCc1cccc(C#N)c1)NC1CCC(=O)N(C)C1. The van der Waals surface area contributed by atoms with Gasteiger partial charge in [0.05, 0.1) is 18.2 Å². The molecule has 1 aliphatic rings. The number of nitrogens with zero attached hydrogens (tertiary/aromatic N) is 3. The number of likely N-dealkylation sites (N-methyl/N-ethyl adjacent to an activating group) is 1. The minimum atomic E-state index is 0.193. The summed E-state index contributed by atoms with van der Waals surface area (Å²) in [7, 11) is 1.83. The number of guanidine groups is 1. The average molecular weight is 313 g/mol. The van der Waals surface area contributed by atoms with E-state index in [0.717, 1.165) is 24.5 Å². The van der Waals surface area contributed by atoms with E-state index in [4.69, 9.17) is 5.26 Å². The summed E-state index contributed by atoms with van der Waals surface area (Å²) in [5, 5.41) is 15.6. The zero-order valence-corrected chi connectivity index (χ0v) is 13.7. The van der Waals surface area contributed by atoms with Gasteiger partial charge in [-0.25, -0.2) is 4.99 Å². The Hall–Kier alpha value is -2.55. The van der Waals surface area contributed by atoms with Crippen molar-refractivity contribution in [2.45, 2.75) is 32.4 Å². The molecular formula is C17H23N5O. The number of hydrogen-bond donors (Lipinski definition) is 2. The Bertz CT molecular complexity index is 620. The van der Waals surface area contributed by atoms with E-state index in [1.165, 1.54) is 0 Å². The molecule has 1 saturated heterocycles. The topological polar surface area (TPSA) is 80.5 Å². The highest BCUT2D eigenvalue weighted by Crippen LogP contribution is 2.10. The molecule has 6 nitrogen and oxygen atoms in total. The third-order valence-corrected chi connectivity index (χ3v) is 3.79. The lowest BCUT2D eigenvalue weighted by atomic mass is 10.1. The van der Waals surface area contributed by atoms with Gasteiger partial charge in [-0.2, -0.15) is 5.26 Å². The lowest BCUT2D eigenvalue weighted by molar-refractivity contribution is -0.132. The van der Waals surface area contributed by atoms with Crippen LogP contribution in [0.3, 0.4) is 0 Å². The fraction of sp³-hybridized carbons (Fsp3) is 0.471. The summed E-state index contributed by atoms with van der Waals surface area (Å²) in [6, 6.07) is 9.80. The van der Waals surface area contributed by atoms with E-state index in [-0.39, 0.29) is 11.9 Å². The molecule has 1 atom stereocenters. The molecule has 1 fully saturated rings. The fourth-order valence-electron chi connectivity index (χ4n) is 2.55. The summed E-state index contributed by atoms with van der Waals surface area (Å²) in [6.07, 6.45) is 1.38. The fourth-order valence-corrected chi connectivity index (χ4v) is 2.55. The summed E-state index contributed by atoms with van der Waals surface area (Å²) in [5.74, 6) is 0.931. The van der Waals surface area contributed by atoms with Crippen molar-refractivity contribution in [3.8, 4) is 6.07 Å². The summed E-state index contributed by atoms with van der Waals surface area (Å²) in [6.45, 7) is 3.98. The maximum absolute atomic E-state index is 11.5. The van der Waals surface area contributed by atoms with Crippen molar-refractivity contribution in [2.75, 3.05) is 20.1 Å². The van der Waals surface area contributed by atoms with Crippen molar-refractivity contribution in [3.63, 3.8) is 0 Å². The maximum Gasteiger partial charge on any atom is 0.222 e. The van der Waals surface area contributed by atoms with Crippen LogP contribution in [0, 0.1) is 11.3 Å². The number of rotatable bonds is 4. The Morgan fingerprint density at radius 2 is 2.35 bits per heavy atom. The van der Waals surface area contributed by atoms with Crippen molar-refractivity contribution in [3.05, 3.63) is 35.4 Å². The number of nitrogens with one attached hydrogen (secondary N) is 2. The summed E-state index contributed by atoms with van der Waals surface area (Å²) in [4.78, 5) is 17.9. The van der Waals surface area contributed by atoms with Crippen molar-refractivity contribution in [1.29, 1.82) is 5.26 Å². The van der Waals surface area contributed by atoms with Crippen LogP contribution in [0.5, 0.6) is 0 Å². The minimum absolute atomic E-state index is 0.193. The van der Waals surface area contributed by atoms with Gasteiger partial charge in [0.15, 0.2) is 5.96 Å². The quantitative estimate of drug-likeness (QED) is 0.647. The number of aliphatic imine (C=N–C) groups is 1. The van der Waals surface area contributed by atoms with Gasteiger partial charge >= 0.3 is 0 Å². The molecule has 6 heteroatoms. The molecule has 1 unspecified atom stereocenters. The third kappa shape index (κ3) is 4.99. The zero-order chi connectivity index (χ0) is 16.7. The molecule has 1 aromatic rings. The molecule has 0 radical (unpaired) electrons. The Kier molecular flexibility index (Phi) is 5.98. The van der Waals surface area contributed by atoms with Crippen LogP contribution in [0.25, 0.3) is 0 Å². The predicted molar refractivity (Wildman–Crippen MR) is 89.8 cm³/mol. The Morgan fingerprint density at radius 1 is 1.52 bits per heavy atom. The van der Waals surface area contributed by atoms with Crippen LogP contribution in [0.1, 0.15) is 30.9 Å². The van der Waals surface area contributed by atoms with Gasteiger partial charge in [-0.15, -0.1) is 0 Å². The molecule has 1 heterocycles. The van der Waals surface area contributed by atoms with E-state index < -0.39 is 0 Å². The van der Waals surface area contributed by atoms with Crippen molar-refractivity contribution < 1.29 is 4.79 Å². The standard InChI is InChI=1S/C17H23N5O/c1-3-19-17(21-15-7-8-16(23)22(2)12-15)20-11-14-6-4-5-13(9-14)10-18/h4-6,9,15H,3,7-8,11-12H2,1-2H3,(H2,19,20,21). The third-order valence-electron chi connectivity index (χ3n) is 3.79. The van der Waals surface area contributed by atoms with Gasteiger partial charge in [-0.05, 0) is 31.0 Å². The second kappa shape index (κ2) is 8.18. The highest BCUT2D eigenvalue weighted by atomic mass is 16.2. The van der Waals surface area contributed by atoms with Crippen LogP contribution in [0.2, 0.25) is 0 Å². The minimum Gasteiger partial charge on any atom is -0.357 e. The van der Waals surface area contributed by atoms with E-state index in [1.807, 2.05) is 32.2 Å². The molecule has 2 N–H and O–H groups in total. The zero-order valence-electron chi connectivity index (χ0n) is 13.7. The molecule has 2 rings (SSSR count). The van der Waals surface area contributed by atoms with Crippen LogP contribution < -0.4 is 10.6 Å². The highest BCUT2D eigenvalue weighted by Gasteiger charge is 2.23. The second-order valence-electron chi connectivity index (χ2n) is 5.66. The number of carbonyl (C=O) groups is 1. The van der Waals surface area contributed by atoms with Crippen LogP contribution in [-0.2, 0) is 11.3 Å². The molecule has 23 heavy (non-hydrogen) atoms. The molecule has 0 bridgehead atoms. The monoisotopic (exact) mass is 313 g/mol. The van der Waals surface area contributed by atoms with E-state index >= 15 is 0 Å². The first-order valence-electron chi connectivity index (χ1n) is 7.90. The van der Waals surface area contributed by atoms with Gasteiger partial charge in [0.1, 0.15) is 0 Å². The molecule has 122 valence electrons. The van der Waals surface area contributed by atoms with E-state index in [1.54, 1.807) is 11.0 Å². The number of likely N-dealkylation sites (tertiary alicyclic amines) is 1. The van der Waals surface area contributed by atoms with Gasteiger partial charge in [-0.1, -0.05) is 12.1 Å². The van der Waals surface area contributed by atoms with Crippen LogP contribution >= 0.6 is 0 Å². The number of amides is 1. The van der Waals surface area contributed by atoms with Gasteiger partial charge in [0.25, 0.3) is 0 Å². The van der Waals surface area contributed by atoms with Crippen LogP contribution in [0.4, 0.5) is 0 Å². The largest absolute Gasteiger partial charge is 0.357 e. The lowest BCUT2D eigenvalue weighted by Gasteiger charge is -2.31. The Morgan fingerprint density at radius 3 is 3.04 bits per heavy atom. The molecule has 0 saturated carbocycles. The van der Waals surface area contributed by atoms with Crippen molar-refractivity contribution in [1.82, 2.24) is 15.5 Å². The second-order valence-corrected chi connectivity index (χ2v) is 5.66. The number of piperidine rings is 1. The molecule has 1 amide bonds. The van der Waals surface area contributed by atoms with E-state index in [9.17, 15) is 4.79 Å².